The van der Waals surface area contributed by atoms with E-state index in [4.69, 9.17) is 4.74 Å². The fraction of sp³-hybridized carbons (Fsp3) is 0.467. The van der Waals surface area contributed by atoms with Gasteiger partial charge in [-0.1, -0.05) is 6.07 Å². The summed E-state index contributed by atoms with van der Waals surface area (Å²) >= 11 is 0. The van der Waals surface area contributed by atoms with E-state index in [1.807, 2.05) is 25.1 Å². The molecule has 106 valence electrons. The van der Waals surface area contributed by atoms with E-state index in [2.05, 4.69) is 14.7 Å². The second-order valence-corrected chi connectivity index (χ2v) is 5.25. The zero-order chi connectivity index (χ0) is 14.1. The highest BCUT2D eigenvalue weighted by Crippen LogP contribution is 2.19. The zero-order valence-corrected chi connectivity index (χ0v) is 11.8. The van der Waals surface area contributed by atoms with Crippen molar-refractivity contribution in [3.8, 4) is 0 Å². The third kappa shape index (κ3) is 2.18. The number of imidazole rings is 1. The molecule has 1 aliphatic rings. The van der Waals surface area contributed by atoms with Crippen molar-refractivity contribution in [2.24, 2.45) is 0 Å². The summed E-state index contributed by atoms with van der Waals surface area (Å²) in [6.45, 7) is 3.10. The minimum atomic E-state index is -0.376. The number of aryl methyl sites for hydroxylation is 1. The summed E-state index contributed by atoms with van der Waals surface area (Å²) in [7, 11) is 1.39. The fourth-order valence-corrected chi connectivity index (χ4v) is 2.92. The van der Waals surface area contributed by atoms with Crippen molar-refractivity contribution in [1.29, 1.82) is 0 Å². The number of aromatic nitrogens is 2. The van der Waals surface area contributed by atoms with Gasteiger partial charge in [0.05, 0.1) is 12.6 Å². The molecule has 1 unspecified atom stereocenters. The molecule has 0 spiro atoms. The van der Waals surface area contributed by atoms with Crippen LogP contribution in [0.3, 0.4) is 0 Å². The summed E-state index contributed by atoms with van der Waals surface area (Å²) in [5.74, 6) is 0.552. The zero-order valence-electron chi connectivity index (χ0n) is 11.8. The van der Waals surface area contributed by atoms with Crippen LogP contribution in [-0.4, -0.2) is 35.1 Å². The van der Waals surface area contributed by atoms with E-state index >= 15 is 0 Å². The van der Waals surface area contributed by atoms with E-state index < -0.39 is 0 Å². The minimum absolute atomic E-state index is 0.376. The summed E-state index contributed by atoms with van der Waals surface area (Å²) in [5.41, 5.74) is 2.31. The molecule has 20 heavy (non-hydrogen) atoms. The van der Waals surface area contributed by atoms with Crippen molar-refractivity contribution >= 4 is 11.5 Å². The molecular weight excluding hydrogens is 254 g/mol. The lowest BCUT2D eigenvalue weighted by Gasteiger charge is -2.10. The molecule has 1 saturated heterocycles. The van der Waals surface area contributed by atoms with Gasteiger partial charge in [-0.2, -0.15) is 0 Å². The number of hydrogen-bond donors (Lipinski definition) is 1. The highest BCUT2D eigenvalue weighted by Gasteiger charge is 2.22. The number of hydrogen-bond acceptors (Lipinski definition) is 4. The van der Waals surface area contributed by atoms with Crippen LogP contribution in [0.1, 0.15) is 34.8 Å². The van der Waals surface area contributed by atoms with Crippen molar-refractivity contribution in [3.05, 3.63) is 35.4 Å². The topological polar surface area (TPSA) is 55.6 Å². The molecule has 1 N–H and O–H groups in total. The molecule has 0 bridgehead atoms. The molecule has 5 nitrogen and oxygen atoms in total. The van der Waals surface area contributed by atoms with E-state index in [0.29, 0.717) is 11.7 Å². The van der Waals surface area contributed by atoms with Gasteiger partial charge in [-0.3, -0.25) is 0 Å². The van der Waals surface area contributed by atoms with Crippen LogP contribution in [-0.2, 0) is 11.2 Å². The molecule has 0 aliphatic carbocycles. The molecule has 0 aromatic carbocycles. The number of esters is 1. The Balaban J connectivity index is 2.08. The van der Waals surface area contributed by atoms with Crippen LogP contribution in [0.4, 0.5) is 0 Å². The monoisotopic (exact) mass is 273 g/mol. The maximum Gasteiger partial charge on any atom is 0.358 e. The summed E-state index contributed by atoms with van der Waals surface area (Å²) in [6, 6.07) is 6.33. The van der Waals surface area contributed by atoms with Crippen molar-refractivity contribution in [1.82, 2.24) is 14.7 Å². The minimum Gasteiger partial charge on any atom is -0.464 e. The second kappa shape index (κ2) is 5.25. The second-order valence-electron chi connectivity index (χ2n) is 5.25. The quantitative estimate of drug-likeness (QED) is 0.865. The Hall–Kier alpha value is -1.88. The van der Waals surface area contributed by atoms with Gasteiger partial charge in [0, 0.05) is 18.2 Å². The normalized spacial score (nSPS) is 18.6. The third-order valence-electron chi connectivity index (χ3n) is 3.90. The van der Waals surface area contributed by atoms with Crippen LogP contribution < -0.4 is 5.32 Å². The fourth-order valence-electron chi connectivity index (χ4n) is 2.92. The molecule has 2 aromatic heterocycles. The first kappa shape index (κ1) is 13.1. The Morgan fingerprint density at radius 2 is 2.40 bits per heavy atom. The summed E-state index contributed by atoms with van der Waals surface area (Å²) in [6.07, 6.45) is 3.20. The highest BCUT2D eigenvalue weighted by molar-refractivity contribution is 5.95. The maximum absolute atomic E-state index is 11.9. The molecule has 5 heteroatoms. The Bertz CT molecular complexity index is 642. The van der Waals surface area contributed by atoms with Gasteiger partial charge in [-0.05, 0) is 38.4 Å². The van der Waals surface area contributed by atoms with Crippen molar-refractivity contribution in [2.45, 2.75) is 32.2 Å². The number of carbonyl (C=O) groups is 1. The van der Waals surface area contributed by atoms with Crippen LogP contribution >= 0.6 is 0 Å². The van der Waals surface area contributed by atoms with Crippen molar-refractivity contribution in [3.63, 3.8) is 0 Å². The molecular formula is C15H19N3O2. The smallest absolute Gasteiger partial charge is 0.358 e. The van der Waals surface area contributed by atoms with Gasteiger partial charge < -0.3 is 14.5 Å². The summed E-state index contributed by atoms with van der Waals surface area (Å²) in [5, 5.41) is 3.47. The predicted molar refractivity (Wildman–Crippen MR) is 76.0 cm³/mol. The van der Waals surface area contributed by atoms with Crippen LogP contribution in [0.15, 0.2) is 18.2 Å². The van der Waals surface area contributed by atoms with Crippen LogP contribution in [0.25, 0.3) is 5.52 Å². The Morgan fingerprint density at radius 1 is 1.55 bits per heavy atom. The molecule has 0 amide bonds. The average molecular weight is 273 g/mol. The van der Waals surface area contributed by atoms with Gasteiger partial charge in [0.25, 0.3) is 0 Å². The third-order valence-corrected chi connectivity index (χ3v) is 3.90. The molecule has 1 aliphatic heterocycles. The van der Waals surface area contributed by atoms with Crippen molar-refractivity contribution < 1.29 is 9.53 Å². The lowest BCUT2D eigenvalue weighted by Crippen LogP contribution is -2.24. The number of nitrogens with zero attached hydrogens (tertiary/aromatic N) is 2. The molecule has 3 rings (SSSR count). The first-order valence-corrected chi connectivity index (χ1v) is 6.99. The van der Waals surface area contributed by atoms with Gasteiger partial charge in [-0.25, -0.2) is 9.78 Å². The van der Waals surface area contributed by atoms with Gasteiger partial charge in [0.15, 0.2) is 5.69 Å². The van der Waals surface area contributed by atoms with E-state index in [9.17, 15) is 4.79 Å². The number of carbonyl (C=O) groups excluding carboxylic acids is 1. The predicted octanol–water partition coefficient (Wildman–Crippen LogP) is 1.72. The van der Waals surface area contributed by atoms with Gasteiger partial charge in [0.1, 0.15) is 5.82 Å². The summed E-state index contributed by atoms with van der Waals surface area (Å²) in [4.78, 5) is 16.4. The Labute approximate surface area is 118 Å². The SMILES string of the molecule is COC(=O)c1nc(CC2CCCN2)n2c(C)cccc12. The van der Waals surface area contributed by atoms with E-state index in [-0.39, 0.29) is 5.97 Å². The van der Waals surface area contributed by atoms with Gasteiger partial charge >= 0.3 is 5.97 Å². The first-order chi connectivity index (χ1) is 9.70. The van der Waals surface area contributed by atoms with Crippen LogP contribution in [0.5, 0.6) is 0 Å². The average Bonchev–Trinajstić information content (AvgIpc) is 3.07. The number of fused-ring (bicyclic) bond motifs is 1. The van der Waals surface area contributed by atoms with Gasteiger partial charge in [-0.15, -0.1) is 0 Å². The molecule has 2 aromatic rings. The number of methoxy groups -OCH3 is 1. The highest BCUT2D eigenvalue weighted by atomic mass is 16.5. The van der Waals surface area contributed by atoms with Gasteiger partial charge in [0.2, 0.25) is 0 Å². The lowest BCUT2D eigenvalue weighted by atomic mass is 10.1. The van der Waals surface area contributed by atoms with E-state index in [1.54, 1.807) is 0 Å². The lowest BCUT2D eigenvalue weighted by molar-refractivity contribution is 0.0597. The Kier molecular flexibility index (Phi) is 3.44. The summed E-state index contributed by atoms with van der Waals surface area (Å²) < 4.78 is 6.90. The standard InChI is InChI=1S/C15H19N3O2/c1-10-5-3-7-12-14(15(19)20-2)17-13(18(10)12)9-11-6-4-8-16-11/h3,5,7,11,16H,4,6,8-9H2,1-2H3. The molecule has 0 radical (unpaired) electrons. The molecule has 3 heterocycles. The van der Waals surface area contributed by atoms with E-state index in [1.165, 1.54) is 13.5 Å². The number of rotatable bonds is 3. The van der Waals surface area contributed by atoms with Crippen LogP contribution in [0, 0.1) is 6.92 Å². The molecule has 0 saturated carbocycles. The number of nitrogens with one attached hydrogen (secondary N) is 1. The first-order valence-electron chi connectivity index (χ1n) is 6.99. The van der Waals surface area contributed by atoms with Crippen molar-refractivity contribution in [2.75, 3.05) is 13.7 Å². The number of pyridine rings is 1. The van der Waals surface area contributed by atoms with Crippen LogP contribution in [0.2, 0.25) is 0 Å². The van der Waals surface area contributed by atoms with E-state index in [0.717, 1.165) is 36.4 Å². The Morgan fingerprint density at radius 3 is 3.10 bits per heavy atom. The molecule has 1 fully saturated rings. The largest absolute Gasteiger partial charge is 0.464 e. The number of ether oxygens (including phenoxy) is 1. The molecule has 1 atom stereocenters. The maximum atomic E-state index is 11.9.